The molecule has 2 aromatic rings. The zero-order chi connectivity index (χ0) is 14.4. The van der Waals surface area contributed by atoms with E-state index in [4.69, 9.17) is 0 Å². The van der Waals surface area contributed by atoms with Crippen molar-refractivity contribution in [2.24, 2.45) is 0 Å². The molecule has 1 unspecified atom stereocenters. The van der Waals surface area contributed by atoms with Gasteiger partial charge in [0.2, 0.25) is 0 Å². The minimum absolute atomic E-state index is 0.739. The molecule has 0 aliphatic carbocycles. The lowest BCUT2D eigenvalue weighted by Crippen LogP contribution is -2.07. The Bertz CT molecular complexity index is 603. The van der Waals surface area contributed by atoms with E-state index < -0.39 is 10.8 Å². The zero-order valence-corrected chi connectivity index (χ0v) is 12.6. The molecule has 2 nitrogen and oxygen atoms in total. The van der Waals surface area contributed by atoms with Gasteiger partial charge in [0.1, 0.15) is 0 Å². The summed E-state index contributed by atoms with van der Waals surface area (Å²) in [6, 6.07) is 17.9. The van der Waals surface area contributed by atoms with E-state index in [1.54, 1.807) is 0 Å². The number of allylic oxidation sites excluding steroid dienone is 1. The van der Waals surface area contributed by atoms with Crippen molar-refractivity contribution in [1.82, 2.24) is 5.32 Å². The Kier molecular flexibility index (Phi) is 5.13. The van der Waals surface area contributed by atoms with Crippen LogP contribution in [-0.4, -0.2) is 4.21 Å². The van der Waals surface area contributed by atoms with Gasteiger partial charge in [-0.3, -0.25) is 0 Å². The fourth-order valence-electron chi connectivity index (χ4n) is 1.81. The van der Waals surface area contributed by atoms with Gasteiger partial charge in [0, 0.05) is 22.5 Å². The number of benzene rings is 2. The Balaban J connectivity index is 1.96. The molecule has 0 heterocycles. The van der Waals surface area contributed by atoms with Gasteiger partial charge in [0.15, 0.2) is 0 Å². The van der Waals surface area contributed by atoms with E-state index in [2.05, 4.69) is 17.4 Å². The normalized spacial score (nSPS) is 13.0. The third-order valence-electron chi connectivity index (χ3n) is 2.98. The van der Waals surface area contributed by atoms with E-state index in [1.165, 1.54) is 11.1 Å². The number of hydrogen-bond donors (Lipinski definition) is 1. The highest BCUT2D eigenvalue weighted by Gasteiger charge is 2.05. The van der Waals surface area contributed by atoms with Crippen molar-refractivity contribution >= 4 is 10.8 Å². The van der Waals surface area contributed by atoms with Crippen molar-refractivity contribution in [2.75, 3.05) is 0 Å². The quantitative estimate of drug-likeness (QED) is 0.906. The average molecular weight is 285 g/mol. The van der Waals surface area contributed by atoms with E-state index >= 15 is 0 Å². The van der Waals surface area contributed by atoms with Crippen LogP contribution in [0.3, 0.4) is 0 Å². The first-order chi connectivity index (χ1) is 9.66. The fourth-order valence-corrected chi connectivity index (χ4v) is 2.76. The molecule has 0 amide bonds. The summed E-state index contributed by atoms with van der Waals surface area (Å²) >= 11 is 0. The lowest BCUT2D eigenvalue weighted by molar-refractivity contribution is 0.686. The molecule has 0 aliphatic rings. The van der Waals surface area contributed by atoms with Crippen molar-refractivity contribution in [1.29, 1.82) is 0 Å². The van der Waals surface area contributed by atoms with Crippen molar-refractivity contribution < 1.29 is 4.21 Å². The molecule has 20 heavy (non-hydrogen) atoms. The molecule has 3 heteroatoms. The smallest absolute Gasteiger partial charge is 0.0820 e. The number of aryl methyl sites for hydroxylation is 1. The molecule has 2 aromatic carbocycles. The van der Waals surface area contributed by atoms with Gasteiger partial charge in [0.05, 0.1) is 10.8 Å². The predicted octanol–water partition coefficient (Wildman–Crippen LogP) is 3.75. The Labute approximate surface area is 123 Å². The molecular formula is C17H19NOS. The zero-order valence-electron chi connectivity index (χ0n) is 11.8. The summed E-state index contributed by atoms with van der Waals surface area (Å²) in [4.78, 5) is 1.66. The van der Waals surface area contributed by atoms with E-state index in [0.29, 0.717) is 0 Å². The van der Waals surface area contributed by atoms with Crippen LogP contribution in [-0.2, 0) is 17.3 Å². The van der Waals surface area contributed by atoms with Crippen LogP contribution in [0.1, 0.15) is 18.1 Å². The maximum Gasteiger partial charge on any atom is 0.0820 e. The summed E-state index contributed by atoms with van der Waals surface area (Å²) in [5.74, 6) is 0. The molecule has 0 fully saturated rings. The monoisotopic (exact) mass is 285 g/mol. The molecule has 0 spiro atoms. The molecule has 1 atom stereocenters. The molecule has 1 N–H and O–H groups in total. The van der Waals surface area contributed by atoms with Gasteiger partial charge in [0.25, 0.3) is 0 Å². The summed E-state index contributed by atoms with van der Waals surface area (Å²) in [7, 11) is -1.10. The first-order valence-electron chi connectivity index (χ1n) is 6.59. The van der Waals surface area contributed by atoms with Crippen LogP contribution in [0.2, 0.25) is 0 Å². The topological polar surface area (TPSA) is 29.1 Å². The lowest BCUT2D eigenvalue weighted by Gasteiger charge is -2.05. The second-order valence-electron chi connectivity index (χ2n) is 4.70. The summed E-state index contributed by atoms with van der Waals surface area (Å²) < 4.78 is 12.3. The first kappa shape index (κ1) is 14.5. The number of rotatable bonds is 5. The molecule has 0 saturated carbocycles. The van der Waals surface area contributed by atoms with Crippen LogP contribution < -0.4 is 5.32 Å². The highest BCUT2D eigenvalue weighted by atomic mass is 32.2. The van der Waals surface area contributed by atoms with E-state index in [1.807, 2.05) is 62.5 Å². The van der Waals surface area contributed by atoms with Gasteiger partial charge in [-0.05, 0) is 31.5 Å². The summed E-state index contributed by atoms with van der Waals surface area (Å²) in [5.41, 5.74) is 2.38. The molecule has 0 aliphatic heterocycles. The van der Waals surface area contributed by atoms with Crippen LogP contribution in [0.25, 0.3) is 0 Å². The fraction of sp³-hybridized carbons (Fsp3) is 0.176. The molecule has 2 rings (SSSR count). The second kappa shape index (κ2) is 7.06. The SMILES string of the molecule is CC(=CNCc1ccccc1)S(=O)c1ccc(C)cc1. The Hall–Kier alpha value is -1.87. The second-order valence-corrected chi connectivity index (χ2v) is 6.36. The Morgan fingerprint density at radius 3 is 2.40 bits per heavy atom. The van der Waals surface area contributed by atoms with Crippen LogP contribution in [0.5, 0.6) is 0 Å². The van der Waals surface area contributed by atoms with E-state index in [0.717, 1.165) is 16.3 Å². The van der Waals surface area contributed by atoms with Crippen LogP contribution in [0.15, 0.2) is 70.6 Å². The molecule has 0 saturated heterocycles. The van der Waals surface area contributed by atoms with Crippen LogP contribution in [0, 0.1) is 6.92 Å². The van der Waals surface area contributed by atoms with Gasteiger partial charge in [-0.1, -0.05) is 48.0 Å². The third kappa shape index (κ3) is 4.07. The van der Waals surface area contributed by atoms with Crippen molar-refractivity contribution in [3.63, 3.8) is 0 Å². The van der Waals surface area contributed by atoms with Crippen molar-refractivity contribution in [2.45, 2.75) is 25.3 Å². The minimum Gasteiger partial charge on any atom is -0.386 e. The van der Waals surface area contributed by atoms with Crippen molar-refractivity contribution in [3.05, 3.63) is 76.8 Å². The predicted molar refractivity (Wildman–Crippen MR) is 84.6 cm³/mol. The van der Waals surface area contributed by atoms with E-state index in [9.17, 15) is 4.21 Å². The number of nitrogens with one attached hydrogen (secondary N) is 1. The molecule has 0 radical (unpaired) electrons. The number of hydrogen-bond acceptors (Lipinski definition) is 2. The maximum atomic E-state index is 12.3. The average Bonchev–Trinajstić information content (AvgIpc) is 2.48. The Morgan fingerprint density at radius 2 is 1.75 bits per heavy atom. The largest absolute Gasteiger partial charge is 0.386 e. The van der Waals surface area contributed by atoms with Crippen molar-refractivity contribution in [3.8, 4) is 0 Å². The highest BCUT2D eigenvalue weighted by Crippen LogP contribution is 2.14. The van der Waals surface area contributed by atoms with Crippen LogP contribution in [0.4, 0.5) is 0 Å². The first-order valence-corrected chi connectivity index (χ1v) is 7.74. The molecule has 0 aromatic heterocycles. The van der Waals surface area contributed by atoms with Gasteiger partial charge in [-0.15, -0.1) is 0 Å². The van der Waals surface area contributed by atoms with E-state index in [-0.39, 0.29) is 0 Å². The van der Waals surface area contributed by atoms with Gasteiger partial charge in [-0.25, -0.2) is 4.21 Å². The standard InChI is InChI=1S/C17H19NOS/c1-14-8-10-17(11-9-14)20(19)15(2)12-18-13-16-6-4-3-5-7-16/h3-12,18H,13H2,1-2H3. The third-order valence-corrected chi connectivity index (χ3v) is 4.38. The van der Waals surface area contributed by atoms with Gasteiger partial charge < -0.3 is 5.32 Å². The maximum absolute atomic E-state index is 12.3. The van der Waals surface area contributed by atoms with Crippen LogP contribution >= 0.6 is 0 Å². The highest BCUT2D eigenvalue weighted by molar-refractivity contribution is 7.89. The minimum atomic E-state index is -1.10. The lowest BCUT2D eigenvalue weighted by atomic mass is 10.2. The van der Waals surface area contributed by atoms with Gasteiger partial charge >= 0.3 is 0 Å². The Morgan fingerprint density at radius 1 is 1.10 bits per heavy atom. The summed E-state index contributed by atoms with van der Waals surface area (Å²) in [5, 5.41) is 3.21. The molecule has 104 valence electrons. The molecular weight excluding hydrogens is 266 g/mol. The molecule has 0 bridgehead atoms. The summed E-state index contributed by atoms with van der Waals surface area (Å²) in [6.07, 6.45) is 1.84. The summed E-state index contributed by atoms with van der Waals surface area (Å²) in [6.45, 7) is 4.65. The van der Waals surface area contributed by atoms with Gasteiger partial charge in [-0.2, -0.15) is 0 Å².